The first-order chi connectivity index (χ1) is 8.16. The Labute approximate surface area is 102 Å². The van der Waals surface area contributed by atoms with Gasteiger partial charge >= 0.3 is 0 Å². The lowest BCUT2D eigenvalue weighted by molar-refractivity contribution is -0.122. The number of amides is 1. The predicted octanol–water partition coefficient (Wildman–Crippen LogP) is 2.15. The van der Waals surface area contributed by atoms with E-state index in [0.717, 1.165) is 25.2 Å². The molecule has 0 spiro atoms. The molecule has 1 unspecified atom stereocenters. The molecule has 0 bridgehead atoms. The Morgan fingerprint density at radius 2 is 2.12 bits per heavy atom. The number of hydrogen-bond donors (Lipinski definition) is 0. The molecule has 4 nitrogen and oxygen atoms in total. The highest BCUT2D eigenvalue weighted by atomic mass is 16.2. The van der Waals surface area contributed by atoms with Crippen LogP contribution in [0.5, 0.6) is 0 Å². The van der Waals surface area contributed by atoms with Crippen LogP contribution in [0.3, 0.4) is 0 Å². The fourth-order valence-electron chi connectivity index (χ4n) is 2.55. The maximum atomic E-state index is 12.1. The number of rotatable bonds is 1. The van der Waals surface area contributed by atoms with Crippen LogP contribution >= 0.6 is 0 Å². The highest BCUT2D eigenvalue weighted by molar-refractivity contribution is 5.93. The van der Waals surface area contributed by atoms with Gasteiger partial charge in [0.2, 0.25) is 5.91 Å². The zero-order chi connectivity index (χ0) is 12.0. The molecule has 2 aliphatic rings. The summed E-state index contributed by atoms with van der Waals surface area (Å²) in [5.41, 5.74) is 1.18. The van der Waals surface area contributed by atoms with E-state index in [1.54, 1.807) is 4.90 Å². The minimum absolute atomic E-state index is 0.132. The van der Waals surface area contributed by atoms with Crippen LogP contribution in [-0.4, -0.2) is 22.7 Å². The van der Waals surface area contributed by atoms with Gasteiger partial charge in [-0.1, -0.05) is 6.92 Å². The quantitative estimate of drug-likeness (QED) is 0.745. The van der Waals surface area contributed by atoms with Gasteiger partial charge in [0.05, 0.1) is 5.69 Å². The third-order valence-electron chi connectivity index (χ3n) is 3.88. The van der Waals surface area contributed by atoms with Gasteiger partial charge in [-0.2, -0.15) is 5.10 Å². The summed E-state index contributed by atoms with van der Waals surface area (Å²) in [6.45, 7) is 2.96. The molecule has 1 amide bonds. The number of aryl methyl sites for hydroxylation is 1. The van der Waals surface area contributed by atoms with Crippen LogP contribution in [-0.2, 0) is 11.3 Å². The first kappa shape index (κ1) is 10.8. The van der Waals surface area contributed by atoms with Crippen LogP contribution in [0.2, 0.25) is 0 Å². The Morgan fingerprint density at radius 3 is 2.82 bits per heavy atom. The minimum atomic E-state index is 0.132. The molecule has 2 heterocycles. The summed E-state index contributed by atoms with van der Waals surface area (Å²) < 4.78 is 2.01. The average molecular weight is 233 g/mol. The molecule has 0 saturated heterocycles. The zero-order valence-electron chi connectivity index (χ0n) is 10.5. The van der Waals surface area contributed by atoms with Crippen molar-refractivity contribution in [2.75, 3.05) is 11.9 Å². The van der Waals surface area contributed by atoms with Gasteiger partial charge in [0.25, 0.3) is 0 Å². The van der Waals surface area contributed by atoms with E-state index in [1.165, 1.54) is 18.5 Å². The fraction of sp³-hybridized carbons (Fsp3) is 0.692. The molecule has 1 aliphatic carbocycles. The lowest BCUT2D eigenvalue weighted by atomic mass is 10.0. The summed E-state index contributed by atoms with van der Waals surface area (Å²) in [5, 5.41) is 4.65. The lowest BCUT2D eigenvalue weighted by Crippen LogP contribution is -2.35. The molecule has 0 aromatic carbocycles. The van der Waals surface area contributed by atoms with Crippen LogP contribution in [0.4, 0.5) is 5.82 Å². The zero-order valence-corrected chi connectivity index (χ0v) is 10.5. The number of aromatic nitrogens is 2. The van der Waals surface area contributed by atoms with Gasteiger partial charge in [-0.25, -0.2) is 4.68 Å². The summed E-state index contributed by atoms with van der Waals surface area (Å²) in [6.07, 6.45) is 4.51. The van der Waals surface area contributed by atoms with Crippen LogP contribution < -0.4 is 4.90 Å². The molecule has 1 aliphatic heterocycles. The van der Waals surface area contributed by atoms with Crippen LogP contribution in [0, 0.1) is 5.92 Å². The Balaban J connectivity index is 1.96. The van der Waals surface area contributed by atoms with Crippen LogP contribution in [0.25, 0.3) is 0 Å². The van der Waals surface area contributed by atoms with E-state index < -0.39 is 0 Å². The topological polar surface area (TPSA) is 38.1 Å². The Kier molecular flexibility index (Phi) is 2.45. The minimum Gasteiger partial charge on any atom is -0.300 e. The van der Waals surface area contributed by atoms with Crippen LogP contribution in [0.15, 0.2) is 6.07 Å². The average Bonchev–Trinajstić information content (AvgIpc) is 3.08. The molecule has 1 fully saturated rings. The van der Waals surface area contributed by atoms with Crippen molar-refractivity contribution in [1.29, 1.82) is 0 Å². The van der Waals surface area contributed by atoms with Gasteiger partial charge < -0.3 is 0 Å². The molecule has 1 aromatic rings. The van der Waals surface area contributed by atoms with Crippen molar-refractivity contribution >= 4 is 11.7 Å². The number of fused-ring (bicyclic) bond motifs is 1. The van der Waals surface area contributed by atoms with Crippen molar-refractivity contribution in [2.45, 2.75) is 45.1 Å². The molecule has 4 heteroatoms. The van der Waals surface area contributed by atoms with E-state index in [-0.39, 0.29) is 11.8 Å². The van der Waals surface area contributed by atoms with Gasteiger partial charge in [0.1, 0.15) is 5.82 Å². The molecule has 0 N–H and O–H groups in total. The van der Waals surface area contributed by atoms with Crippen molar-refractivity contribution in [3.8, 4) is 0 Å². The number of carbonyl (C=O) groups excluding carboxylic acids is 1. The van der Waals surface area contributed by atoms with Gasteiger partial charge in [0.15, 0.2) is 0 Å². The van der Waals surface area contributed by atoms with Crippen molar-refractivity contribution in [1.82, 2.24) is 9.78 Å². The number of hydrogen-bond acceptors (Lipinski definition) is 2. The smallest absolute Gasteiger partial charge is 0.230 e. The summed E-state index contributed by atoms with van der Waals surface area (Å²) in [6, 6.07) is 2.10. The second-order valence-electron chi connectivity index (χ2n) is 5.37. The highest BCUT2D eigenvalue weighted by Crippen LogP contribution is 2.40. The molecular formula is C13H19N3O. The highest BCUT2D eigenvalue weighted by Gasteiger charge is 2.30. The normalized spacial score (nSPS) is 25.4. The predicted molar refractivity (Wildman–Crippen MR) is 66.0 cm³/mol. The standard InChI is InChI=1S/C13H19N3O/c1-9-4-3-7-16-12(15(2)13(9)17)8-11(14-16)10-5-6-10/h8-10H,3-7H2,1-2H3. The molecule has 1 atom stereocenters. The van der Waals surface area contributed by atoms with Crippen molar-refractivity contribution in [3.63, 3.8) is 0 Å². The monoisotopic (exact) mass is 233 g/mol. The van der Waals surface area contributed by atoms with Gasteiger partial charge in [-0.05, 0) is 25.7 Å². The van der Waals surface area contributed by atoms with E-state index in [4.69, 9.17) is 0 Å². The summed E-state index contributed by atoms with van der Waals surface area (Å²) >= 11 is 0. The molecular weight excluding hydrogens is 214 g/mol. The molecule has 3 rings (SSSR count). The number of carbonyl (C=O) groups is 1. The largest absolute Gasteiger partial charge is 0.300 e. The van der Waals surface area contributed by atoms with Gasteiger partial charge in [-0.3, -0.25) is 9.69 Å². The maximum Gasteiger partial charge on any atom is 0.230 e. The molecule has 92 valence electrons. The maximum absolute atomic E-state index is 12.1. The van der Waals surface area contributed by atoms with E-state index in [1.807, 2.05) is 18.7 Å². The summed E-state index contributed by atoms with van der Waals surface area (Å²) in [4.78, 5) is 13.9. The molecule has 17 heavy (non-hydrogen) atoms. The summed E-state index contributed by atoms with van der Waals surface area (Å²) in [7, 11) is 1.87. The number of nitrogens with zero attached hydrogens (tertiary/aromatic N) is 3. The Hall–Kier alpha value is -1.32. The molecule has 1 saturated carbocycles. The Morgan fingerprint density at radius 1 is 1.35 bits per heavy atom. The van der Waals surface area contributed by atoms with E-state index in [2.05, 4.69) is 11.2 Å². The van der Waals surface area contributed by atoms with Crippen molar-refractivity contribution in [3.05, 3.63) is 11.8 Å². The first-order valence-electron chi connectivity index (χ1n) is 6.52. The van der Waals surface area contributed by atoms with E-state index in [0.29, 0.717) is 5.92 Å². The summed E-state index contributed by atoms with van der Waals surface area (Å²) in [5.74, 6) is 1.97. The van der Waals surface area contributed by atoms with Crippen molar-refractivity contribution < 1.29 is 4.79 Å². The number of anilines is 1. The van der Waals surface area contributed by atoms with Crippen molar-refractivity contribution in [2.24, 2.45) is 5.92 Å². The second kappa shape index (κ2) is 3.86. The SMILES string of the molecule is CC1CCCn2nc(C3CC3)cc2N(C)C1=O. The second-order valence-corrected chi connectivity index (χ2v) is 5.37. The van der Waals surface area contributed by atoms with Crippen LogP contribution in [0.1, 0.15) is 44.2 Å². The van der Waals surface area contributed by atoms with Gasteiger partial charge in [0, 0.05) is 31.5 Å². The van der Waals surface area contributed by atoms with E-state index >= 15 is 0 Å². The Bertz CT molecular complexity index is 448. The van der Waals surface area contributed by atoms with E-state index in [9.17, 15) is 4.79 Å². The third kappa shape index (κ3) is 1.85. The fourth-order valence-corrected chi connectivity index (χ4v) is 2.55. The molecule has 1 aromatic heterocycles. The first-order valence-corrected chi connectivity index (χ1v) is 6.52. The molecule has 0 radical (unpaired) electrons. The third-order valence-corrected chi connectivity index (χ3v) is 3.88. The van der Waals surface area contributed by atoms with Gasteiger partial charge in [-0.15, -0.1) is 0 Å². The lowest BCUT2D eigenvalue weighted by Gasteiger charge is -2.24.